The number of hydrazine groups is 1. The molecule has 19 heavy (non-hydrogen) atoms. The Hall–Kier alpha value is -0.930. The van der Waals surface area contributed by atoms with Crippen LogP contribution in [0.2, 0.25) is 0 Å². The van der Waals surface area contributed by atoms with Crippen LogP contribution in [-0.2, 0) is 0 Å². The largest absolute Gasteiger partial charge is 0.271 e. The maximum absolute atomic E-state index is 13.6. The van der Waals surface area contributed by atoms with Crippen molar-refractivity contribution in [3.05, 3.63) is 35.1 Å². The van der Waals surface area contributed by atoms with E-state index in [4.69, 9.17) is 5.84 Å². The van der Waals surface area contributed by atoms with E-state index in [-0.39, 0.29) is 11.9 Å². The van der Waals surface area contributed by atoms with Crippen molar-refractivity contribution in [2.45, 2.75) is 52.0 Å². The molecule has 0 aromatic heterocycles. The lowest BCUT2D eigenvalue weighted by Crippen LogP contribution is -2.38. The number of hydrogen-bond acceptors (Lipinski definition) is 2. The van der Waals surface area contributed by atoms with Crippen LogP contribution >= 0.6 is 0 Å². The smallest absolute Gasteiger partial charge is 0.123 e. The Morgan fingerprint density at radius 1 is 1.32 bits per heavy atom. The summed E-state index contributed by atoms with van der Waals surface area (Å²) in [6.07, 6.45) is 6.20. The second kappa shape index (κ2) is 6.49. The molecule has 1 saturated carbocycles. The van der Waals surface area contributed by atoms with Crippen LogP contribution in [0.25, 0.3) is 0 Å². The van der Waals surface area contributed by atoms with E-state index in [2.05, 4.69) is 18.4 Å². The van der Waals surface area contributed by atoms with Gasteiger partial charge in [-0.3, -0.25) is 11.3 Å². The SMILES string of the molecule is CCC1CCCCC1C(NN)c1cc(C)cc(F)c1. The van der Waals surface area contributed by atoms with Crippen molar-refractivity contribution in [2.24, 2.45) is 17.7 Å². The summed E-state index contributed by atoms with van der Waals surface area (Å²) in [5.74, 6) is 6.82. The van der Waals surface area contributed by atoms with Crippen molar-refractivity contribution in [3.63, 3.8) is 0 Å². The molecule has 3 unspecified atom stereocenters. The molecule has 0 heterocycles. The lowest BCUT2D eigenvalue weighted by Gasteiger charge is -2.37. The summed E-state index contributed by atoms with van der Waals surface area (Å²) in [4.78, 5) is 0. The van der Waals surface area contributed by atoms with Crippen molar-refractivity contribution < 1.29 is 4.39 Å². The van der Waals surface area contributed by atoms with Gasteiger partial charge in [0.25, 0.3) is 0 Å². The maximum atomic E-state index is 13.6. The van der Waals surface area contributed by atoms with Gasteiger partial charge in [-0.05, 0) is 48.4 Å². The lowest BCUT2D eigenvalue weighted by molar-refractivity contribution is 0.176. The minimum absolute atomic E-state index is 0.0691. The summed E-state index contributed by atoms with van der Waals surface area (Å²) in [5, 5.41) is 0. The molecule has 1 aliphatic rings. The van der Waals surface area contributed by atoms with Gasteiger partial charge < -0.3 is 0 Å². The topological polar surface area (TPSA) is 38.0 Å². The van der Waals surface area contributed by atoms with Gasteiger partial charge in [0.15, 0.2) is 0 Å². The molecular formula is C16H25FN2. The molecule has 0 radical (unpaired) electrons. The Bertz CT molecular complexity index is 399. The van der Waals surface area contributed by atoms with E-state index >= 15 is 0 Å². The zero-order valence-corrected chi connectivity index (χ0v) is 12.0. The predicted molar refractivity (Wildman–Crippen MR) is 76.9 cm³/mol. The van der Waals surface area contributed by atoms with Gasteiger partial charge in [0.2, 0.25) is 0 Å². The summed E-state index contributed by atoms with van der Waals surface area (Å²) >= 11 is 0. The minimum atomic E-state index is -0.167. The predicted octanol–water partition coefficient (Wildman–Crippen LogP) is 3.85. The second-order valence-corrected chi connectivity index (χ2v) is 5.82. The number of nitrogens with two attached hydrogens (primary N) is 1. The van der Waals surface area contributed by atoms with Gasteiger partial charge in [0.1, 0.15) is 5.82 Å². The zero-order valence-electron chi connectivity index (χ0n) is 12.0. The van der Waals surface area contributed by atoms with Crippen LogP contribution in [0.1, 0.15) is 56.2 Å². The normalized spacial score (nSPS) is 25.3. The van der Waals surface area contributed by atoms with Crippen LogP contribution in [0.15, 0.2) is 18.2 Å². The fourth-order valence-electron chi connectivity index (χ4n) is 3.59. The fraction of sp³-hybridized carbons (Fsp3) is 0.625. The summed E-state index contributed by atoms with van der Waals surface area (Å²) < 4.78 is 13.6. The number of hydrogen-bond donors (Lipinski definition) is 2. The van der Waals surface area contributed by atoms with Crippen molar-refractivity contribution >= 4 is 0 Å². The quantitative estimate of drug-likeness (QED) is 0.640. The molecule has 1 aliphatic carbocycles. The number of halogens is 1. The van der Waals surface area contributed by atoms with Crippen LogP contribution in [0.5, 0.6) is 0 Å². The van der Waals surface area contributed by atoms with E-state index in [1.807, 2.05) is 6.92 Å². The van der Waals surface area contributed by atoms with Gasteiger partial charge in [0.05, 0.1) is 0 Å². The van der Waals surface area contributed by atoms with E-state index in [9.17, 15) is 4.39 Å². The van der Waals surface area contributed by atoms with Gasteiger partial charge >= 0.3 is 0 Å². The summed E-state index contributed by atoms with van der Waals surface area (Å²) in [6, 6.07) is 5.31. The first kappa shape index (κ1) is 14.5. The highest BCUT2D eigenvalue weighted by atomic mass is 19.1. The summed E-state index contributed by atoms with van der Waals surface area (Å²) in [5.41, 5.74) is 4.89. The van der Waals surface area contributed by atoms with E-state index in [0.717, 1.165) is 11.1 Å². The van der Waals surface area contributed by atoms with Gasteiger partial charge in [-0.1, -0.05) is 38.7 Å². The average Bonchev–Trinajstić information content (AvgIpc) is 2.39. The first-order valence-corrected chi connectivity index (χ1v) is 7.39. The van der Waals surface area contributed by atoms with Gasteiger partial charge in [-0.25, -0.2) is 4.39 Å². The zero-order chi connectivity index (χ0) is 13.8. The minimum Gasteiger partial charge on any atom is -0.271 e. The fourth-order valence-corrected chi connectivity index (χ4v) is 3.59. The van der Waals surface area contributed by atoms with Crippen LogP contribution in [0.3, 0.4) is 0 Å². The van der Waals surface area contributed by atoms with Crippen molar-refractivity contribution in [3.8, 4) is 0 Å². The molecule has 2 rings (SSSR count). The number of rotatable bonds is 4. The van der Waals surface area contributed by atoms with Crippen LogP contribution in [-0.4, -0.2) is 0 Å². The summed E-state index contributed by atoms with van der Waals surface area (Å²) in [7, 11) is 0. The first-order chi connectivity index (χ1) is 9.15. The molecule has 1 aromatic carbocycles. The van der Waals surface area contributed by atoms with E-state index in [1.165, 1.54) is 32.1 Å². The third-order valence-electron chi connectivity index (χ3n) is 4.52. The second-order valence-electron chi connectivity index (χ2n) is 5.82. The number of nitrogens with one attached hydrogen (secondary N) is 1. The van der Waals surface area contributed by atoms with E-state index < -0.39 is 0 Å². The third-order valence-corrected chi connectivity index (χ3v) is 4.52. The Morgan fingerprint density at radius 3 is 2.68 bits per heavy atom. The molecule has 0 amide bonds. The van der Waals surface area contributed by atoms with E-state index in [0.29, 0.717) is 11.8 Å². The highest BCUT2D eigenvalue weighted by molar-refractivity contribution is 5.27. The summed E-state index contributed by atoms with van der Waals surface area (Å²) in [6.45, 7) is 4.17. The van der Waals surface area contributed by atoms with Gasteiger partial charge in [0, 0.05) is 6.04 Å². The van der Waals surface area contributed by atoms with Crippen LogP contribution in [0.4, 0.5) is 4.39 Å². The van der Waals surface area contributed by atoms with Crippen molar-refractivity contribution in [1.29, 1.82) is 0 Å². The molecule has 0 saturated heterocycles. The van der Waals surface area contributed by atoms with Crippen LogP contribution < -0.4 is 11.3 Å². The van der Waals surface area contributed by atoms with Gasteiger partial charge in [-0.2, -0.15) is 0 Å². The Kier molecular flexibility index (Phi) is 4.94. The van der Waals surface area contributed by atoms with Crippen LogP contribution in [0, 0.1) is 24.6 Å². The van der Waals surface area contributed by atoms with Crippen molar-refractivity contribution in [2.75, 3.05) is 0 Å². The van der Waals surface area contributed by atoms with Gasteiger partial charge in [-0.15, -0.1) is 0 Å². The molecule has 0 aliphatic heterocycles. The number of aryl methyl sites for hydroxylation is 1. The third kappa shape index (κ3) is 3.34. The molecule has 3 N–H and O–H groups in total. The lowest BCUT2D eigenvalue weighted by atomic mass is 9.72. The first-order valence-electron chi connectivity index (χ1n) is 7.39. The maximum Gasteiger partial charge on any atom is 0.123 e. The average molecular weight is 264 g/mol. The number of benzene rings is 1. The monoisotopic (exact) mass is 264 g/mol. The Labute approximate surface area is 115 Å². The molecule has 3 heteroatoms. The molecule has 3 atom stereocenters. The van der Waals surface area contributed by atoms with E-state index in [1.54, 1.807) is 12.1 Å². The molecular weight excluding hydrogens is 239 g/mol. The molecule has 0 spiro atoms. The standard InChI is InChI=1S/C16H25FN2/c1-3-12-6-4-5-7-15(12)16(19-18)13-8-11(2)9-14(17)10-13/h8-10,12,15-16,19H,3-7,18H2,1-2H3. The molecule has 106 valence electrons. The highest BCUT2D eigenvalue weighted by Crippen LogP contribution is 2.40. The molecule has 2 nitrogen and oxygen atoms in total. The Balaban J connectivity index is 2.27. The molecule has 1 aromatic rings. The van der Waals surface area contributed by atoms with Crippen molar-refractivity contribution in [1.82, 2.24) is 5.43 Å². The highest BCUT2D eigenvalue weighted by Gasteiger charge is 2.31. The molecule has 0 bridgehead atoms. The Morgan fingerprint density at radius 2 is 2.05 bits per heavy atom. The molecule has 1 fully saturated rings.